The molecule has 0 radical (unpaired) electrons. The van der Waals surface area contributed by atoms with Crippen LogP contribution in [0.5, 0.6) is 0 Å². The van der Waals surface area contributed by atoms with Gasteiger partial charge in [0.05, 0.1) is 22.6 Å². The fourth-order valence-corrected chi connectivity index (χ4v) is 5.81. The lowest BCUT2D eigenvalue weighted by Crippen LogP contribution is -3.03. The molecule has 0 unspecified atom stereocenters. The zero-order valence-corrected chi connectivity index (χ0v) is 18.6. The summed E-state index contributed by atoms with van der Waals surface area (Å²) in [5.74, 6) is -0.621. The second-order valence-corrected chi connectivity index (χ2v) is 10.2. The first kappa shape index (κ1) is 20.8. The highest BCUT2D eigenvalue weighted by molar-refractivity contribution is 7.17. The fourth-order valence-electron chi connectivity index (χ4n) is 3.91. The van der Waals surface area contributed by atoms with Crippen LogP contribution in [0.2, 0.25) is 0 Å². The van der Waals surface area contributed by atoms with Crippen LogP contribution in [0.3, 0.4) is 0 Å². The lowest BCUT2D eigenvalue weighted by atomic mass is 9.81. The van der Waals surface area contributed by atoms with E-state index in [9.17, 15) is 9.59 Å². The highest BCUT2D eigenvalue weighted by atomic mass is 32.1. The highest BCUT2D eigenvalue weighted by Crippen LogP contribution is 2.42. The van der Waals surface area contributed by atoms with E-state index in [-0.39, 0.29) is 23.0 Å². The van der Waals surface area contributed by atoms with E-state index in [0.29, 0.717) is 17.2 Å². The number of hydrogen-bond donors (Lipinski definition) is 2. The van der Waals surface area contributed by atoms with Gasteiger partial charge in [0, 0.05) is 17.4 Å². The number of nitrogens with two attached hydrogens (primary N) is 1. The lowest BCUT2D eigenvalue weighted by molar-refractivity contribution is -0.789. The number of amides is 1. The molecule has 0 saturated carbocycles. The maximum absolute atomic E-state index is 12.8. The van der Waals surface area contributed by atoms with Crippen molar-refractivity contribution in [1.82, 2.24) is 0 Å². The molecule has 150 valence electrons. The van der Waals surface area contributed by atoms with Gasteiger partial charge in [0.25, 0.3) is 0 Å². The molecule has 0 spiro atoms. The van der Waals surface area contributed by atoms with Gasteiger partial charge in [0.1, 0.15) is 10.5 Å². The molecule has 0 aliphatic carbocycles. The Labute approximate surface area is 173 Å². The summed E-state index contributed by atoms with van der Waals surface area (Å²) in [4.78, 5) is 27.4. The molecule has 1 aliphatic rings. The summed E-state index contributed by atoms with van der Waals surface area (Å²) < 4.78 is 5.32. The fraction of sp³-hybridized carbons (Fsp3) is 0.429. The monoisotopic (exact) mass is 419 g/mol. The number of carbonyl (C=O) groups excluding carboxylic acids is 2. The van der Waals surface area contributed by atoms with Crippen LogP contribution >= 0.6 is 22.7 Å². The number of esters is 1. The SMILES string of the molecule is CCOC(=O)c1c(NC(=O)/C=C/c2cccs2)sc2c1CC(C)(C)[NH2+]C2(C)C. The van der Waals surface area contributed by atoms with Gasteiger partial charge in [-0.1, -0.05) is 6.07 Å². The molecule has 1 aliphatic heterocycles. The van der Waals surface area contributed by atoms with Crippen molar-refractivity contribution in [3.8, 4) is 0 Å². The summed E-state index contributed by atoms with van der Waals surface area (Å²) in [7, 11) is 0. The average Bonchev–Trinajstić information content (AvgIpc) is 3.19. The Morgan fingerprint density at radius 2 is 2.07 bits per heavy atom. The molecule has 5 nitrogen and oxygen atoms in total. The minimum Gasteiger partial charge on any atom is -0.462 e. The van der Waals surface area contributed by atoms with Gasteiger partial charge in [0.15, 0.2) is 0 Å². The van der Waals surface area contributed by atoms with E-state index < -0.39 is 0 Å². The number of rotatable bonds is 5. The Bertz CT molecular complexity index is 908. The molecule has 3 rings (SSSR count). The lowest BCUT2D eigenvalue weighted by Gasteiger charge is -2.38. The number of carbonyl (C=O) groups is 2. The molecule has 1 amide bonds. The predicted molar refractivity (Wildman–Crippen MR) is 115 cm³/mol. The molecule has 2 aromatic rings. The molecule has 7 heteroatoms. The van der Waals surface area contributed by atoms with Gasteiger partial charge in [0.2, 0.25) is 5.91 Å². The normalized spacial score (nSPS) is 17.3. The average molecular weight is 420 g/mol. The summed E-state index contributed by atoms with van der Waals surface area (Å²) in [5, 5.41) is 7.78. The number of nitrogens with one attached hydrogen (secondary N) is 1. The van der Waals surface area contributed by atoms with Crippen LogP contribution in [0.1, 0.15) is 60.3 Å². The van der Waals surface area contributed by atoms with Gasteiger partial charge in [-0.3, -0.25) is 4.79 Å². The third-order valence-corrected chi connectivity index (χ3v) is 6.96. The van der Waals surface area contributed by atoms with E-state index in [0.717, 1.165) is 21.7 Å². The van der Waals surface area contributed by atoms with Crippen molar-refractivity contribution in [2.75, 3.05) is 11.9 Å². The van der Waals surface area contributed by atoms with Crippen LogP contribution < -0.4 is 10.6 Å². The summed E-state index contributed by atoms with van der Waals surface area (Å²) in [6, 6.07) is 3.89. The molecule has 28 heavy (non-hydrogen) atoms. The number of anilines is 1. The zero-order valence-electron chi connectivity index (χ0n) is 16.9. The number of ether oxygens (including phenoxy) is 1. The number of fused-ring (bicyclic) bond motifs is 1. The van der Waals surface area contributed by atoms with Crippen LogP contribution in [0.15, 0.2) is 23.6 Å². The van der Waals surface area contributed by atoms with Crippen molar-refractivity contribution in [2.45, 2.75) is 52.1 Å². The first-order valence-electron chi connectivity index (χ1n) is 9.36. The molecule has 2 aromatic heterocycles. The second-order valence-electron chi connectivity index (χ2n) is 8.20. The minimum absolute atomic E-state index is 0.0425. The van der Waals surface area contributed by atoms with Crippen molar-refractivity contribution in [2.24, 2.45) is 0 Å². The van der Waals surface area contributed by atoms with E-state index in [1.165, 1.54) is 17.4 Å². The maximum atomic E-state index is 12.8. The minimum atomic E-state index is -0.369. The van der Waals surface area contributed by atoms with Crippen LogP contribution in [0.4, 0.5) is 5.00 Å². The van der Waals surface area contributed by atoms with Crippen molar-refractivity contribution < 1.29 is 19.6 Å². The standard InChI is InChI=1S/C21H26N2O3S2/c1-6-26-19(25)16-14-12-20(2,3)23-21(4,5)17(14)28-18(16)22-15(24)10-9-13-8-7-11-27-13/h7-11,23H,6,12H2,1-5H3,(H,22,24)/p+1/b10-9+. The van der Waals surface area contributed by atoms with E-state index in [1.54, 1.807) is 24.3 Å². The van der Waals surface area contributed by atoms with Gasteiger partial charge in [-0.05, 0) is 57.7 Å². The third-order valence-electron chi connectivity index (χ3n) is 4.63. The first-order valence-corrected chi connectivity index (χ1v) is 11.1. The summed E-state index contributed by atoms with van der Waals surface area (Å²) in [6.45, 7) is 10.7. The molecule has 0 atom stereocenters. The Balaban J connectivity index is 1.97. The second kappa shape index (κ2) is 7.81. The Kier molecular flexibility index (Phi) is 5.79. The van der Waals surface area contributed by atoms with E-state index in [1.807, 2.05) is 17.5 Å². The molecule has 3 N–H and O–H groups in total. The van der Waals surface area contributed by atoms with E-state index in [4.69, 9.17) is 4.74 Å². The van der Waals surface area contributed by atoms with Crippen LogP contribution in [0, 0.1) is 0 Å². The van der Waals surface area contributed by atoms with Crippen LogP contribution in [-0.4, -0.2) is 24.0 Å². The Hall–Kier alpha value is -1.96. The summed E-state index contributed by atoms with van der Waals surface area (Å²) in [5.41, 5.74) is 1.28. The zero-order chi connectivity index (χ0) is 20.5. The Morgan fingerprint density at radius 3 is 2.71 bits per heavy atom. The number of thiophene rings is 2. The van der Waals surface area contributed by atoms with Gasteiger partial charge in [-0.25, -0.2) is 4.79 Å². The summed E-state index contributed by atoms with van der Waals surface area (Å²) in [6.07, 6.45) is 4.02. The van der Waals surface area contributed by atoms with E-state index in [2.05, 4.69) is 38.3 Å². The largest absolute Gasteiger partial charge is 0.462 e. The van der Waals surface area contributed by atoms with E-state index >= 15 is 0 Å². The summed E-state index contributed by atoms with van der Waals surface area (Å²) >= 11 is 3.05. The first-order chi connectivity index (χ1) is 13.1. The molecular formula is C21H27N2O3S2+. The quantitative estimate of drug-likeness (QED) is 0.572. The molecule has 0 saturated heterocycles. The van der Waals surface area contributed by atoms with Crippen LogP contribution in [0.25, 0.3) is 6.08 Å². The molecular weight excluding hydrogens is 392 g/mol. The van der Waals surface area contributed by atoms with Gasteiger partial charge in [-0.15, -0.1) is 22.7 Å². The maximum Gasteiger partial charge on any atom is 0.341 e. The third kappa shape index (κ3) is 4.37. The predicted octanol–water partition coefficient (Wildman–Crippen LogP) is 3.77. The highest BCUT2D eigenvalue weighted by Gasteiger charge is 2.45. The Morgan fingerprint density at radius 1 is 1.32 bits per heavy atom. The van der Waals surface area contributed by atoms with Gasteiger partial charge in [-0.2, -0.15) is 0 Å². The topological polar surface area (TPSA) is 72.0 Å². The van der Waals surface area contributed by atoms with Gasteiger partial charge < -0.3 is 15.4 Å². The molecule has 0 bridgehead atoms. The van der Waals surface area contributed by atoms with Crippen molar-refractivity contribution in [3.63, 3.8) is 0 Å². The molecule has 0 fully saturated rings. The number of quaternary nitrogens is 1. The smallest absolute Gasteiger partial charge is 0.341 e. The molecule has 3 heterocycles. The van der Waals surface area contributed by atoms with Crippen molar-refractivity contribution in [3.05, 3.63) is 44.5 Å². The van der Waals surface area contributed by atoms with Gasteiger partial charge >= 0.3 is 5.97 Å². The van der Waals surface area contributed by atoms with Crippen LogP contribution in [-0.2, 0) is 21.5 Å². The number of hydrogen-bond acceptors (Lipinski definition) is 5. The van der Waals surface area contributed by atoms with Crippen molar-refractivity contribution in [1.29, 1.82) is 0 Å². The molecule has 0 aromatic carbocycles. The van der Waals surface area contributed by atoms with Crippen molar-refractivity contribution >= 4 is 45.6 Å².